The third kappa shape index (κ3) is 5.61. The summed E-state index contributed by atoms with van der Waals surface area (Å²) in [6.07, 6.45) is 5.20. The first-order valence-corrected chi connectivity index (χ1v) is 5.96. The van der Waals surface area contributed by atoms with Gasteiger partial charge in [-0.1, -0.05) is 33.1 Å². The summed E-state index contributed by atoms with van der Waals surface area (Å²) < 4.78 is 0. The van der Waals surface area contributed by atoms with Gasteiger partial charge in [-0.3, -0.25) is 0 Å². The molecule has 1 N–H and O–H groups in total. The van der Waals surface area contributed by atoms with E-state index < -0.39 is 0 Å². The van der Waals surface area contributed by atoms with Gasteiger partial charge in [0.2, 0.25) is 0 Å². The van der Waals surface area contributed by atoms with Gasteiger partial charge in [0.15, 0.2) is 0 Å². The van der Waals surface area contributed by atoms with Crippen LogP contribution in [0.4, 0.5) is 0 Å². The van der Waals surface area contributed by atoms with Gasteiger partial charge in [0.05, 0.1) is 6.61 Å². The van der Waals surface area contributed by atoms with Gasteiger partial charge in [0, 0.05) is 12.6 Å². The van der Waals surface area contributed by atoms with Crippen molar-refractivity contribution in [2.24, 2.45) is 5.92 Å². The van der Waals surface area contributed by atoms with Gasteiger partial charge in [-0.2, -0.15) is 0 Å². The number of aliphatic hydroxyl groups is 1. The minimum Gasteiger partial charge on any atom is -0.395 e. The SMILES string of the molecule is CCCCC(CC)CN(C)C(C)CO. The molecule has 0 heterocycles. The Balaban J connectivity index is 3.79. The van der Waals surface area contributed by atoms with Gasteiger partial charge in [-0.05, 0) is 26.3 Å². The monoisotopic (exact) mass is 201 g/mol. The molecular formula is C12H27NO. The molecule has 2 nitrogen and oxygen atoms in total. The molecule has 0 fully saturated rings. The molecule has 0 saturated heterocycles. The fourth-order valence-corrected chi connectivity index (χ4v) is 1.64. The van der Waals surface area contributed by atoms with Crippen LogP contribution in [0.2, 0.25) is 0 Å². The Morgan fingerprint density at radius 1 is 1.29 bits per heavy atom. The van der Waals surface area contributed by atoms with Crippen molar-refractivity contribution in [1.29, 1.82) is 0 Å². The van der Waals surface area contributed by atoms with Crippen LogP contribution in [-0.2, 0) is 0 Å². The van der Waals surface area contributed by atoms with Gasteiger partial charge >= 0.3 is 0 Å². The molecule has 0 aliphatic rings. The average Bonchev–Trinajstić information content (AvgIpc) is 2.22. The number of aliphatic hydroxyl groups excluding tert-OH is 1. The largest absolute Gasteiger partial charge is 0.395 e. The topological polar surface area (TPSA) is 23.5 Å². The van der Waals surface area contributed by atoms with E-state index >= 15 is 0 Å². The number of likely N-dealkylation sites (N-methyl/N-ethyl adjacent to an activating group) is 1. The van der Waals surface area contributed by atoms with E-state index in [1.165, 1.54) is 25.7 Å². The molecule has 0 aliphatic carbocycles. The molecule has 86 valence electrons. The first-order chi connectivity index (χ1) is 6.65. The zero-order valence-corrected chi connectivity index (χ0v) is 10.3. The maximum atomic E-state index is 9.03. The maximum Gasteiger partial charge on any atom is 0.0584 e. The Bertz CT molecular complexity index is 127. The van der Waals surface area contributed by atoms with Crippen molar-refractivity contribution in [3.05, 3.63) is 0 Å². The number of nitrogens with zero attached hydrogens (tertiary/aromatic N) is 1. The maximum absolute atomic E-state index is 9.03. The van der Waals surface area contributed by atoms with Crippen molar-refractivity contribution in [1.82, 2.24) is 4.90 Å². The summed E-state index contributed by atoms with van der Waals surface area (Å²) >= 11 is 0. The van der Waals surface area contributed by atoms with Crippen LogP contribution in [0.5, 0.6) is 0 Å². The number of rotatable bonds is 8. The molecule has 0 rings (SSSR count). The second-order valence-corrected chi connectivity index (χ2v) is 4.39. The van der Waals surface area contributed by atoms with Crippen LogP contribution in [0.15, 0.2) is 0 Å². The first-order valence-electron chi connectivity index (χ1n) is 5.96. The zero-order chi connectivity index (χ0) is 11.0. The number of unbranched alkanes of at least 4 members (excludes halogenated alkanes) is 1. The second-order valence-electron chi connectivity index (χ2n) is 4.39. The molecule has 0 aliphatic heterocycles. The van der Waals surface area contributed by atoms with E-state index in [1.54, 1.807) is 0 Å². The summed E-state index contributed by atoms with van der Waals surface area (Å²) in [5.41, 5.74) is 0. The molecule has 14 heavy (non-hydrogen) atoms. The highest BCUT2D eigenvalue weighted by atomic mass is 16.3. The highest BCUT2D eigenvalue weighted by molar-refractivity contribution is 4.67. The van der Waals surface area contributed by atoms with E-state index in [-0.39, 0.29) is 6.61 Å². The van der Waals surface area contributed by atoms with Crippen LogP contribution in [0.3, 0.4) is 0 Å². The number of hydrogen-bond donors (Lipinski definition) is 1. The Morgan fingerprint density at radius 3 is 2.36 bits per heavy atom. The van der Waals surface area contributed by atoms with Crippen molar-refractivity contribution < 1.29 is 5.11 Å². The highest BCUT2D eigenvalue weighted by Crippen LogP contribution is 2.14. The predicted octanol–water partition coefficient (Wildman–Crippen LogP) is 2.52. The van der Waals surface area contributed by atoms with Gasteiger partial charge in [-0.15, -0.1) is 0 Å². The molecule has 0 aromatic carbocycles. The first kappa shape index (κ1) is 13.9. The van der Waals surface area contributed by atoms with Crippen molar-refractivity contribution in [2.45, 2.75) is 52.5 Å². The van der Waals surface area contributed by atoms with Crippen LogP contribution in [-0.4, -0.2) is 36.2 Å². The molecule has 0 aromatic rings. The Hall–Kier alpha value is -0.0800. The number of hydrogen-bond acceptors (Lipinski definition) is 2. The molecule has 0 saturated carbocycles. The molecule has 0 aromatic heterocycles. The Kier molecular flexibility index (Phi) is 8.20. The zero-order valence-electron chi connectivity index (χ0n) is 10.3. The van der Waals surface area contributed by atoms with E-state index in [4.69, 9.17) is 5.11 Å². The van der Waals surface area contributed by atoms with E-state index in [9.17, 15) is 0 Å². The lowest BCUT2D eigenvalue weighted by Crippen LogP contribution is -2.35. The molecule has 2 unspecified atom stereocenters. The summed E-state index contributed by atoms with van der Waals surface area (Å²) in [6, 6.07) is 0.297. The molecule has 0 bridgehead atoms. The molecular weight excluding hydrogens is 174 g/mol. The summed E-state index contributed by atoms with van der Waals surface area (Å²) in [5.74, 6) is 0.800. The summed E-state index contributed by atoms with van der Waals surface area (Å²) in [6.45, 7) is 7.97. The van der Waals surface area contributed by atoms with Gasteiger partial charge in [0.25, 0.3) is 0 Å². The third-order valence-electron chi connectivity index (χ3n) is 3.11. The molecule has 0 amide bonds. The van der Waals surface area contributed by atoms with E-state index in [1.807, 2.05) is 0 Å². The lowest BCUT2D eigenvalue weighted by atomic mass is 9.98. The lowest BCUT2D eigenvalue weighted by Gasteiger charge is -2.27. The van der Waals surface area contributed by atoms with Crippen LogP contribution < -0.4 is 0 Å². The second kappa shape index (κ2) is 8.25. The summed E-state index contributed by atoms with van der Waals surface area (Å²) in [7, 11) is 2.11. The minimum absolute atomic E-state index is 0.265. The Labute approximate surface area is 89.3 Å². The summed E-state index contributed by atoms with van der Waals surface area (Å²) in [5, 5.41) is 9.03. The van der Waals surface area contributed by atoms with Crippen LogP contribution in [0.1, 0.15) is 46.5 Å². The summed E-state index contributed by atoms with van der Waals surface area (Å²) in [4.78, 5) is 2.27. The normalized spacial score (nSPS) is 15.9. The van der Waals surface area contributed by atoms with Crippen molar-refractivity contribution in [3.63, 3.8) is 0 Å². The Morgan fingerprint density at radius 2 is 1.93 bits per heavy atom. The van der Waals surface area contributed by atoms with Crippen molar-refractivity contribution in [2.75, 3.05) is 20.2 Å². The average molecular weight is 201 g/mol. The minimum atomic E-state index is 0.265. The standard InChI is InChI=1S/C12H27NO/c1-5-7-8-12(6-2)9-13(4)11(3)10-14/h11-12,14H,5-10H2,1-4H3. The van der Waals surface area contributed by atoms with Crippen molar-refractivity contribution in [3.8, 4) is 0 Å². The smallest absolute Gasteiger partial charge is 0.0584 e. The van der Waals surface area contributed by atoms with Crippen LogP contribution >= 0.6 is 0 Å². The van der Waals surface area contributed by atoms with Crippen LogP contribution in [0, 0.1) is 5.92 Å². The van der Waals surface area contributed by atoms with E-state index in [2.05, 4.69) is 32.7 Å². The fraction of sp³-hybridized carbons (Fsp3) is 1.00. The molecule has 0 radical (unpaired) electrons. The van der Waals surface area contributed by atoms with E-state index in [0.29, 0.717) is 6.04 Å². The fourth-order valence-electron chi connectivity index (χ4n) is 1.64. The quantitative estimate of drug-likeness (QED) is 0.652. The van der Waals surface area contributed by atoms with Gasteiger partial charge < -0.3 is 10.0 Å². The predicted molar refractivity (Wildman–Crippen MR) is 62.5 cm³/mol. The van der Waals surface area contributed by atoms with Gasteiger partial charge in [0.1, 0.15) is 0 Å². The van der Waals surface area contributed by atoms with E-state index in [0.717, 1.165) is 12.5 Å². The molecule has 0 spiro atoms. The molecule has 2 heteroatoms. The third-order valence-corrected chi connectivity index (χ3v) is 3.11. The van der Waals surface area contributed by atoms with Crippen LogP contribution in [0.25, 0.3) is 0 Å². The van der Waals surface area contributed by atoms with Gasteiger partial charge in [-0.25, -0.2) is 0 Å². The van der Waals surface area contributed by atoms with Crippen molar-refractivity contribution >= 4 is 0 Å². The molecule has 2 atom stereocenters. The lowest BCUT2D eigenvalue weighted by molar-refractivity contribution is 0.138. The highest BCUT2D eigenvalue weighted by Gasteiger charge is 2.13.